The SMILES string of the molecule is Cc1cc(C)nc(SCC(=O)c2ccco2)c1. The summed E-state index contributed by atoms with van der Waals surface area (Å²) in [5.41, 5.74) is 2.13. The summed E-state index contributed by atoms with van der Waals surface area (Å²) >= 11 is 1.43. The van der Waals surface area contributed by atoms with E-state index in [0.29, 0.717) is 11.5 Å². The van der Waals surface area contributed by atoms with Crippen LogP contribution in [0.2, 0.25) is 0 Å². The first kappa shape index (κ1) is 11.9. The Hall–Kier alpha value is -1.55. The van der Waals surface area contributed by atoms with Crippen LogP contribution in [0.25, 0.3) is 0 Å². The number of furan rings is 1. The van der Waals surface area contributed by atoms with Crippen molar-refractivity contribution < 1.29 is 9.21 Å². The first-order valence-electron chi connectivity index (χ1n) is 5.30. The molecule has 0 atom stereocenters. The molecular weight excluding hydrogens is 234 g/mol. The standard InChI is InChI=1S/C13H13NO2S/c1-9-6-10(2)14-13(7-9)17-8-11(15)12-4-3-5-16-12/h3-7H,8H2,1-2H3. The molecule has 0 saturated carbocycles. The summed E-state index contributed by atoms with van der Waals surface area (Å²) in [5, 5.41) is 0.877. The van der Waals surface area contributed by atoms with Crippen LogP contribution in [0.3, 0.4) is 0 Å². The highest BCUT2D eigenvalue weighted by Crippen LogP contribution is 2.19. The number of aryl methyl sites for hydroxylation is 2. The van der Waals surface area contributed by atoms with Gasteiger partial charge in [-0.1, -0.05) is 11.8 Å². The van der Waals surface area contributed by atoms with E-state index in [-0.39, 0.29) is 5.78 Å². The predicted octanol–water partition coefficient (Wildman–Crippen LogP) is 3.27. The zero-order valence-corrected chi connectivity index (χ0v) is 10.6. The molecule has 0 saturated heterocycles. The second kappa shape index (κ2) is 5.19. The summed E-state index contributed by atoms with van der Waals surface area (Å²) in [6, 6.07) is 7.39. The Kier molecular flexibility index (Phi) is 3.64. The van der Waals surface area contributed by atoms with Crippen LogP contribution in [0.15, 0.2) is 40.0 Å². The summed E-state index contributed by atoms with van der Waals surface area (Å²) in [7, 11) is 0. The van der Waals surface area contributed by atoms with Gasteiger partial charge in [0, 0.05) is 5.69 Å². The Morgan fingerprint density at radius 2 is 2.24 bits per heavy atom. The maximum Gasteiger partial charge on any atom is 0.208 e. The molecule has 2 heterocycles. The molecule has 0 aliphatic carbocycles. The quantitative estimate of drug-likeness (QED) is 0.614. The number of thioether (sulfide) groups is 1. The second-order valence-electron chi connectivity index (χ2n) is 3.81. The topological polar surface area (TPSA) is 43.1 Å². The van der Waals surface area contributed by atoms with Gasteiger partial charge in [-0.05, 0) is 43.7 Å². The van der Waals surface area contributed by atoms with Crippen LogP contribution in [0.5, 0.6) is 0 Å². The monoisotopic (exact) mass is 247 g/mol. The van der Waals surface area contributed by atoms with E-state index in [0.717, 1.165) is 16.3 Å². The summed E-state index contributed by atoms with van der Waals surface area (Å²) in [4.78, 5) is 16.1. The number of carbonyl (C=O) groups is 1. The third-order valence-corrected chi connectivity index (χ3v) is 3.13. The van der Waals surface area contributed by atoms with Gasteiger partial charge in [0.1, 0.15) is 0 Å². The molecule has 0 N–H and O–H groups in total. The van der Waals surface area contributed by atoms with Crippen LogP contribution in [-0.4, -0.2) is 16.5 Å². The number of hydrogen-bond acceptors (Lipinski definition) is 4. The van der Waals surface area contributed by atoms with Crippen LogP contribution in [-0.2, 0) is 0 Å². The Bertz CT molecular complexity index is 500. The van der Waals surface area contributed by atoms with Crippen LogP contribution >= 0.6 is 11.8 Å². The van der Waals surface area contributed by atoms with Gasteiger partial charge < -0.3 is 4.42 Å². The van der Waals surface area contributed by atoms with Gasteiger partial charge in [0.2, 0.25) is 5.78 Å². The fraction of sp³-hybridized carbons (Fsp3) is 0.231. The van der Waals surface area contributed by atoms with E-state index >= 15 is 0 Å². The minimum atomic E-state index is -0.0130. The number of Topliss-reactive ketones (excluding diaryl/α,β-unsaturated/α-hetero) is 1. The number of nitrogens with zero attached hydrogens (tertiary/aromatic N) is 1. The van der Waals surface area contributed by atoms with E-state index < -0.39 is 0 Å². The van der Waals surface area contributed by atoms with Gasteiger partial charge in [0.15, 0.2) is 5.76 Å². The summed E-state index contributed by atoms with van der Waals surface area (Å²) in [6.45, 7) is 3.97. The summed E-state index contributed by atoms with van der Waals surface area (Å²) < 4.78 is 5.05. The third kappa shape index (κ3) is 3.20. The second-order valence-corrected chi connectivity index (χ2v) is 4.81. The molecule has 88 valence electrons. The van der Waals surface area contributed by atoms with Gasteiger partial charge in [-0.2, -0.15) is 0 Å². The summed E-state index contributed by atoms with van der Waals surface area (Å²) in [6.07, 6.45) is 1.51. The van der Waals surface area contributed by atoms with E-state index in [1.54, 1.807) is 12.1 Å². The molecule has 2 aromatic rings. The molecule has 0 radical (unpaired) electrons. The molecule has 0 aromatic carbocycles. The average Bonchev–Trinajstić information content (AvgIpc) is 2.78. The van der Waals surface area contributed by atoms with Crippen molar-refractivity contribution in [2.45, 2.75) is 18.9 Å². The predicted molar refractivity (Wildman–Crippen MR) is 67.5 cm³/mol. The van der Waals surface area contributed by atoms with E-state index in [4.69, 9.17) is 4.42 Å². The highest BCUT2D eigenvalue weighted by Gasteiger charge is 2.09. The molecule has 17 heavy (non-hydrogen) atoms. The molecular formula is C13H13NO2S. The molecule has 0 aliphatic rings. The van der Waals surface area contributed by atoms with Gasteiger partial charge >= 0.3 is 0 Å². The fourth-order valence-electron chi connectivity index (χ4n) is 1.53. The van der Waals surface area contributed by atoms with Gasteiger partial charge in [-0.3, -0.25) is 4.79 Å². The average molecular weight is 247 g/mol. The number of aromatic nitrogens is 1. The van der Waals surface area contributed by atoms with Crippen molar-refractivity contribution in [2.24, 2.45) is 0 Å². The summed E-state index contributed by atoms with van der Waals surface area (Å²) in [5.74, 6) is 0.742. The van der Waals surface area contributed by atoms with Crippen LogP contribution < -0.4 is 0 Å². The molecule has 0 bridgehead atoms. The van der Waals surface area contributed by atoms with Crippen molar-refractivity contribution in [1.29, 1.82) is 0 Å². The Labute approximate surface area is 104 Å². The van der Waals surface area contributed by atoms with E-state index in [9.17, 15) is 4.79 Å². The van der Waals surface area contributed by atoms with Crippen molar-refractivity contribution in [3.8, 4) is 0 Å². The van der Waals surface area contributed by atoms with Gasteiger partial charge in [0.25, 0.3) is 0 Å². The lowest BCUT2D eigenvalue weighted by molar-refractivity contribution is 0.0992. The minimum Gasteiger partial charge on any atom is -0.461 e. The fourth-order valence-corrected chi connectivity index (χ4v) is 2.43. The highest BCUT2D eigenvalue weighted by molar-refractivity contribution is 7.99. The molecule has 0 spiro atoms. The molecule has 0 aliphatic heterocycles. The number of rotatable bonds is 4. The number of ketones is 1. The van der Waals surface area contributed by atoms with Gasteiger partial charge in [-0.15, -0.1) is 0 Å². The number of hydrogen-bond donors (Lipinski definition) is 0. The van der Waals surface area contributed by atoms with Crippen molar-refractivity contribution in [3.63, 3.8) is 0 Å². The maximum atomic E-state index is 11.7. The zero-order chi connectivity index (χ0) is 12.3. The first-order chi connectivity index (χ1) is 8.15. The smallest absolute Gasteiger partial charge is 0.208 e. The van der Waals surface area contributed by atoms with Crippen molar-refractivity contribution in [3.05, 3.63) is 47.5 Å². The van der Waals surface area contributed by atoms with Gasteiger partial charge in [-0.25, -0.2) is 4.98 Å². The normalized spacial score (nSPS) is 10.5. The van der Waals surface area contributed by atoms with E-state index in [1.165, 1.54) is 18.0 Å². The van der Waals surface area contributed by atoms with Crippen LogP contribution in [0.1, 0.15) is 21.8 Å². The van der Waals surface area contributed by atoms with Gasteiger partial charge in [0.05, 0.1) is 17.0 Å². The maximum absolute atomic E-state index is 11.7. The number of carbonyl (C=O) groups excluding carboxylic acids is 1. The van der Waals surface area contributed by atoms with Crippen LogP contribution in [0, 0.1) is 13.8 Å². The molecule has 2 rings (SSSR count). The Morgan fingerprint density at radius 3 is 2.88 bits per heavy atom. The minimum absolute atomic E-state index is 0.0130. The molecule has 0 unspecified atom stereocenters. The van der Waals surface area contributed by atoms with Crippen molar-refractivity contribution >= 4 is 17.5 Å². The lowest BCUT2D eigenvalue weighted by atomic mass is 10.3. The molecule has 4 heteroatoms. The zero-order valence-electron chi connectivity index (χ0n) is 9.77. The Balaban J connectivity index is 2.00. The Morgan fingerprint density at radius 1 is 1.41 bits per heavy atom. The van der Waals surface area contributed by atoms with Crippen LogP contribution in [0.4, 0.5) is 0 Å². The highest BCUT2D eigenvalue weighted by atomic mass is 32.2. The molecule has 3 nitrogen and oxygen atoms in total. The molecule has 0 amide bonds. The lowest BCUT2D eigenvalue weighted by Crippen LogP contribution is -2.01. The largest absolute Gasteiger partial charge is 0.461 e. The number of pyridine rings is 1. The van der Waals surface area contributed by atoms with E-state index in [2.05, 4.69) is 4.98 Å². The lowest BCUT2D eigenvalue weighted by Gasteiger charge is -2.02. The van der Waals surface area contributed by atoms with Crippen molar-refractivity contribution in [2.75, 3.05) is 5.75 Å². The third-order valence-electron chi connectivity index (χ3n) is 2.22. The first-order valence-corrected chi connectivity index (χ1v) is 6.28. The van der Waals surface area contributed by atoms with E-state index in [1.807, 2.05) is 26.0 Å². The molecule has 0 fully saturated rings. The van der Waals surface area contributed by atoms with Crippen molar-refractivity contribution in [1.82, 2.24) is 4.98 Å². The molecule has 2 aromatic heterocycles.